The van der Waals surface area contributed by atoms with E-state index in [1.54, 1.807) is 12.3 Å². The Morgan fingerprint density at radius 3 is 2.64 bits per heavy atom. The Hall–Kier alpha value is -2.40. The van der Waals surface area contributed by atoms with Crippen molar-refractivity contribution in [2.45, 2.75) is 26.3 Å². The highest BCUT2D eigenvalue weighted by molar-refractivity contribution is 6.01. The number of aromatic amines is 1. The molecule has 0 aliphatic carbocycles. The van der Waals surface area contributed by atoms with E-state index in [0.717, 1.165) is 32.5 Å². The third-order valence-electron chi connectivity index (χ3n) is 4.74. The number of likely N-dealkylation sites (N-methyl/N-ethyl adjacent to an activating group) is 1. The molecule has 1 aliphatic rings. The van der Waals surface area contributed by atoms with E-state index in [2.05, 4.69) is 24.0 Å². The summed E-state index contributed by atoms with van der Waals surface area (Å²) in [5.41, 5.74) is 3.52. The van der Waals surface area contributed by atoms with E-state index in [1.807, 2.05) is 29.0 Å². The van der Waals surface area contributed by atoms with Crippen LogP contribution < -0.4 is 0 Å². The Kier molecular flexibility index (Phi) is 5.34. The minimum atomic E-state index is -0.00943. The molecule has 1 N–H and O–H groups in total. The summed E-state index contributed by atoms with van der Waals surface area (Å²) >= 11 is 0. The molecule has 0 bridgehead atoms. The second-order valence-electron chi connectivity index (χ2n) is 6.82. The molecule has 5 nitrogen and oxygen atoms in total. The summed E-state index contributed by atoms with van der Waals surface area (Å²) in [4.78, 5) is 31.7. The van der Waals surface area contributed by atoms with E-state index in [-0.39, 0.29) is 11.7 Å². The van der Waals surface area contributed by atoms with Gasteiger partial charge in [-0.2, -0.15) is 0 Å². The van der Waals surface area contributed by atoms with E-state index in [9.17, 15) is 9.59 Å². The lowest BCUT2D eigenvalue weighted by molar-refractivity contribution is 0.0787. The van der Waals surface area contributed by atoms with Crippen LogP contribution in [0.5, 0.6) is 0 Å². The maximum Gasteiger partial charge on any atom is 0.270 e. The number of aryl methyl sites for hydroxylation is 1. The molecular formula is C20H25N3O2. The van der Waals surface area contributed by atoms with Crippen molar-refractivity contribution >= 4 is 11.7 Å². The Bertz CT molecular complexity index is 760. The van der Waals surface area contributed by atoms with Crippen molar-refractivity contribution in [1.82, 2.24) is 14.8 Å². The van der Waals surface area contributed by atoms with Gasteiger partial charge < -0.3 is 9.88 Å². The summed E-state index contributed by atoms with van der Waals surface area (Å²) in [5, 5.41) is 0. The minimum Gasteiger partial charge on any atom is -0.356 e. The van der Waals surface area contributed by atoms with Gasteiger partial charge in [0.2, 0.25) is 0 Å². The van der Waals surface area contributed by atoms with E-state index in [1.165, 1.54) is 11.1 Å². The number of hydrogen-bond acceptors (Lipinski definition) is 3. The van der Waals surface area contributed by atoms with E-state index in [0.29, 0.717) is 17.8 Å². The number of benzene rings is 1. The molecular weight excluding hydrogens is 314 g/mol. The topological polar surface area (TPSA) is 56.4 Å². The molecule has 0 unspecified atom stereocenters. The Balaban J connectivity index is 1.59. The molecule has 2 aromatic rings. The summed E-state index contributed by atoms with van der Waals surface area (Å²) in [5.74, 6) is 0.0117. The number of nitrogens with one attached hydrogen (secondary N) is 1. The highest BCUT2D eigenvalue weighted by Gasteiger charge is 2.22. The van der Waals surface area contributed by atoms with Crippen LogP contribution in [-0.4, -0.2) is 53.2 Å². The van der Waals surface area contributed by atoms with Crippen LogP contribution in [0.1, 0.15) is 44.8 Å². The van der Waals surface area contributed by atoms with Gasteiger partial charge in [0.1, 0.15) is 5.69 Å². The van der Waals surface area contributed by atoms with Gasteiger partial charge in [0.15, 0.2) is 5.78 Å². The smallest absolute Gasteiger partial charge is 0.270 e. The second-order valence-corrected chi connectivity index (χ2v) is 6.82. The Morgan fingerprint density at radius 2 is 1.92 bits per heavy atom. The fraction of sp³-hybridized carbons (Fsp3) is 0.400. The summed E-state index contributed by atoms with van der Waals surface area (Å²) in [6, 6.07) is 9.88. The standard InChI is InChI=1S/C20H25N3O2/c1-15-7-3-4-8-16(15)13-22(2)14-19(24)17-11-18(21-12-17)20(25)23-9-5-6-10-23/h3-4,7-8,11-12,21H,5-6,9-10,13-14H2,1-2H3. The molecule has 0 atom stereocenters. The van der Waals surface area contributed by atoms with Crippen molar-refractivity contribution in [1.29, 1.82) is 0 Å². The SMILES string of the molecule is Cc1ccccc1CN(C)CC(=O)c1c[nH]c(C(=O)N2CCCC2)c1. The lowest BCUT2D eigenvalue weighted by atomic mass is 10.1. The number of carbonyl (C=O) groups excluding carboxylic acids is 2. The maximum atomic E-state index is 12.5. The minimum absolute atomic E-state index is 0.00943. The average molecular weight is 339 g/mol. The molecule has 0 spiro atoms. The number of amides is 1. The van der Waals surface area contributed by atoms with E-state index in [4.69, 9.17) is 0 Å². The molecule has 5 heteroatoms. The molecule has 1 fully saturated rings. The van der Waals surface area contributed by atoms with Gasteiger partial charge in [-0.15, -0.1) is 0 Å². The molecule has 2 heterocycles. The predicted molar refractivity (Wildman–Crippen MR) is 97.8 cm³/mol. The lowest BCUT2D eigenvalue weighted by Gasteiger charge is -2.17. The molecule has 132 valence electrons. The van der Waals surface area contributed by atoms with Gasteiger partial charge >= 0.3 is 0 Å². The molecule has 0 saturated carbocycles. The van der Waals surface area contributed by atoms with Gasteiger partial charge in [-0.05, 0) is 44.0 Å². The average Bonchev–Trinajstić information content (AvgIpc) is 3.28. The zero-order chi connectivity index (χ0) is 17.8. The summed E-state index contributed by atoms with van der Waals surface area (Å²) < 4.78 is 0. The van der Waals surface area contributed by atoms with Crippen LogP contribution in [0, 0.1) is 6.92 Å². The van der Waals surface area contributed by atoms with Gasteiger partial charge in [0.25, 0.3) is 5.91 Å². The highest BCUT2D eigenvalue weighted by atomic mass is 16.2. The van der Waals surface area contributed by atoms with Gasteiger partial charge in [-0.1, -0.05) is 24.3 Å². The number of rotatable bonds is 6. The lowest BCUT2D eigenvalue weighted by Crippen LogP contribution is -2.28. The van der Waals surface area contributed by atoms with E-state index >= 15 is 0 Å². The molecule has 1 amide bonds. The Labute approximate surface area is 148 Å². The molecule has 25 heavy (non-hydrogen) atoms. The number of nitrogens with zero attached hydrogens (tertiary/aromatic N) is 2. The fourth-order valence-corrected chi connectivity index (χ4v) is 3.24. The van der Waals surface area contributed by atoms with Crippen LogP contribution in [-0.2, 0) is 6.54 Å². The van der Waals surface area contributed by atoms with Crippen molar-refractivity contribution in [2.75, 3.05) is 26.7 Å². The van der Waals surface area contributed by atoms with Crippen LogP contribution in [0.2, 0.25) is 0 Å². The van der Waals surface area contributed by atoms with Crippen LogP contribution in [0.4, 0.5) is 0 Å². The summed E-state index contributed by atoms with van der Waals surface area (Å²) in [7, 11) is 1.94. The van der Waals surface area contributed by atoms with Gasteiger partial charge in [0, 0.05) is 31.4 Å². The van der Waals surface area contributed by atoms with E-state index < -0.39 is 0 Å². The first-order chi connectivity index (χ1) is 12.0. The first kappa shape index (κ1) is 17.4. The Morgan fingerprint density at radius 1 is 1.20 bits per heavy atom. The first-order valence-corrected chi connectivity index (χ1v) is 8.78. The zero-order valence-electron chi connectivity index (χ0n) is 14.9. The highest BCUT2D eigenvalue weighted by Crippen LogP contribution is 2.14. The molecule has 1 aliphatic heterocycles. The normalized spacial score (nSPS) is 14.3. The van der Waals surface area contributed by atoms with Crippen LogP contribution in [0.25, 0.3) is 0 Å². The number of hydrogen-bond donors (Lipinski definition) is 1. The van der Waals surface area contributed by atoms with Crippen molar-refractivity contribution < 1.29 is 9.59 Å². The molecule has 0 radical (unpaired) electrons. The van der Waals surface area contributed by atoms with Gasteiger partial charge in [-0.25, -0.2) is 0 Å². The largest absolute Gasteiger partial charge is 0.356 e. The first-order valence-electron chi connectivity index (χ1n) is 8.78. The summed E-state index contributed by atoms with van der Waals surface area (Å²) in [6.07, 6.45) is 3.76. The quantitative estimate of drug-likeness (QED) is 0.824. The molecule has 1 aromatic heterocycles. The summed E-state index contributed by atoms with van der Waals surface area (Å²) in [6.45, 7) is 4.74. The van der Waals surface area contributed by atoms with Crippen molar-refractivity contribution in [2.24, 2.45) is 0 Å². The van der Waals surface area contributed by atoms with Crippen molar-refractivity contribution in [3.05, 3.63) is 58.9 Å². The van der Waals surface area contributed by atoms with Crippen LogP contribution in [0.15, 0.2) is 36.5 Å². The number of likely N-dealkylation sites (tertiary alicyclic amines) is 1. The van der Waals surface area contributed by atoms with Gasteiger partial charge in [0.05, 0.1) is 6.54 Å². The number of Topliss-reactive ketones (excluding diaryl/α,β-unsaturated/α-hetero) is 1. The zero-order valence-corrected chi connectivity index (χ0v) is 14.9. The third kappa shape index (κ3) is 4.17. The monoisotopic (exact) mass is 339 g/mol. The van der Waals surface area contributed by atoms with Crippen molar-refractivity contribution in [3.63, 3.8) is 0 Å². The number of ketones is 1. The second kappa shape index (κ2) is 7.66. The van der Waals surface area contributed by atoms with Gasteiger partial charge in [-0.3, -0.25) is 14.5 Å². The molecule has 1 saturated heterocycles. The fourth-order valence-electron chi connectivity index (χ4n) is 3.24. The maximum absolute atomic E-state index is 12.5. The van der Waals surface area contributed by atoms with Crippen molar-refractivity contribution in [3.8, 4) is 0 Å². The predicted octanol–water partition coefficient (Wildman–Crippen LogP) is 2.87. The number of H-pyrrole nitrogens is 1. The van der Waals surface area contributed by atoms with Crippen LogP contribution >= 0.6 is 0 Å². The van der Waals surface area contributed by atoms with Crippen LogP contribution in [0.3, 0.4) is 0 Å². The molecule has 1 aromatic carbocycles. The molecule has 3 rings (SSSR count). The third-order valence-corrected chi connectivity index (χ3v) is 4.74. The number of aromatic nitrogens is 1. The number of carbonyl (C=O) groups is 2.